The minimum Gasteiger partial charge on any atom is -0.478 e. The fourth-order valence-corrected chi connectivity index (χ4v) is 2.29. The monoisotopic (exact) mass is 285 g/mol. The van der Waals surface area contributed by atoms with Crippen molar-refractivity contribution in [2.24, 2.45) is 4.99 Å². The molecule has 0 bridgehead atoms. The largest absolute Gasteiger partial charge is 0.478 e. The smallest absolute Gasteiger partial charge is 0.277 e. The van der Waals surface area contributed by atoms with E-state index in [2.05, 4.69) is 15.3 Å². The molecule has 1 amide bonds. The molecule has 96 valence electrons. The number of aromatic nitrogens is 1. The summed E-state index contributed by atoms with van der Waals surface area (Å²) >= 11 is 7.45. The minimum absolute atomic E-state index is 0.151. The lowest BCUT2D eigenvalue weighted by atomic mass is 10.3. The van der Waals surface area contributed by atoms with Crippen molar-refractivity contribution in [3.8, 4) is 5.88 Å². The van der Waals surface area contributed by atoms with Crippen LogP contribution in [0.2, 0.25) is 5.02 Å². The molecule has 5 nitrogen and oxygen atoms in total. The molecule has 0 aliphatic carbocycles. The van der Waals surface area contributed by atoms with Crippen molar-refractivity contribution in [2.75, 3.05) is 18.9 Å². The lowest BCUT2D eigenvalue weighted by Gasteiger charge is -2.07. The molecule has 0 radical (unpaired) electrons. The van der Waals surface area contributed by atoms with Crippen LogP contribution in [0, 0.1) is 0 Å². The van der Waals surface area contributed by atoms with Gasteiger partial charge in [-0.2, -0.15) is 0 Å². The standard InChI is InChI=1S/C11H12ClN3O2S/c1-2-17-8-4-3-7(12)9(14-8)10(16)15-11-13-5-6-18-11/h3-4H,2,5-6H2,1H3,(H,13,15,16). The zero-order chi connectivity index (χ0) is 13.0. The molecule has 0 saturated heterocycles. The Morgan fingerprint density at radius 2 is 2.44 bits per heavy atom. The lowest BCUT2D eigenvalue weighted by molar-refractivity contribution is 0.0972. The van der Waals surface area contributed by atoms with Crippen molar-refractivity contribution in [1.82, 2.24) is 10.3 Å². The Morgan fingerprint density at radius 3 is 3.11 bits per heavy atom. The van der Waals surface area contributed by atoms with Gasteiger partial charge < -0.3 is 4.74 Å². The molecule has 7 heteroatoms. The summed E-state index contributed by atoms with van der Waals surface area (Å²) in [4.78, 5) is 20.2. The molecule has 0 spiro atoms. The van der Waals surface area contributed by atoms with Crippen LogP contribution in [0.1, 0.15) is 17.4 Å². The van der Waals surface area contributed by atoms with Gasteiger partial charge in [-0.05, 0) is 13.0 Å². The lowest BCUT2D eigenvalue weighted by Crippen LogP contribution is -2.28. The van der Waals surface area contributed by atoms with Gasteiger partial charge in [0.2, 0.25) is 5.88 Å². The third-order valence-electron chi connectivity index (χ3n) is 2.13. The number of carbonyl (C=O) groups excluding carboxylic acids is 1. The van der Waals surface area contributed by atoms with Gasteiger partial charge >= 0.3 is 0 Å². The predicted octanol–water partition coefficient (Wildman–Crippen LogP) is 1.97. The van der Waals surface area contributed by atoms with E-state index < -0.39 is 0 Å². The highest BCUT2D eigenvalue weighted by Crippen LogP contribution is 2.19. The topological polar surface area (TPSA) is 63.6 Å². The van der Waals surface area contributed by atoms with Crippen molar-refractivity contribution in [3.63, 3.8) is 0 Å². The molecule has 1 aromatic rings. The number of thioether (sulfide) groups is 1. The highest BCUT2D eigenvalue weighted by molar-refractivity contribution is 8.14. The molecule has 1 aromatic heterocycles. The third-order valence-corrected chi connectivity index (χ3v) is 3.33. The number of hydrogen-bond donors (Lipinski definition) is 1. The van der Waals surface area contributed by atoms with Gasteiger partial charge in [-0.15, -0.1) is 0 Å². The van der Waals surface area contributed by atoms with E-state index >= 15 is 0 Å². The quantitative estimate of drug-likeness (QED) is 0.922. The number of rotatable bonds is 3. The summed E-state index contributed by atoms with van der Waals surface area (Å²) in [6.07, 6.45) is 0. The zero-order valence-corrected chi connectivity index (χ0v) is 11.3. The van der Waals surface area contributed by atoms with Gasteiger partial charge in [0.15, 0.2) is 10.9 Å². The van der Waals surface area contributed by atoms with E-state index in [9.17, 15) is 4.79 Å². The Bertz CT molecular complexity index is 493. The van der Waals surface area contributed by atoms with Gasteiger partial charge in [0, 0.05) is 11.8 Å². The average molecular weight is 286 g/mol. The molecule has 1 N–H and O–H groups in total. The van der Waals surface area contributed by atoms with Crippen LogP contribution < -0.4 is 10.1 Å². The number of hydrogen-bond acceptors (Lipinski definition) is 5. The predicted molar refractivity (Wildman–Crippen MR) is 72.6 cm³/mol. The van der Waals surface area contributed by atoms with Crippen LogP contribution in [-0.2, 0) is 0 Å². The summed E-state index contributed by atoms with van der Waals surface area (Å²) in [5.74, 6) is 0.901. The number of amides is 1. The first-order valence-electron chi connectivity index (χ1n) is 5.48. The molecule has 0 fully saturated rings. The van der Waals surface area contributed by atoms with E-state index in [0.29, 0.717) is 22.7 Å². The summed E-state index contributed by atoms with van der Waals surface area (Å²) < 4.78 is 5.24. The van der Waals surface area contributed by atoms with Crippen LogP contribution >= 0.6 is 23.4 Å². The van der Waals surface area contributed by atoms with Crippen LogP contribution in [0.5, 0.6) is 5.88 Å². The normalized spacial score (nSPS) is 14.2. The van der Waals surface area contributed by atoms with Crippen molar-refractivity contribution < 1.29 is 9.53 Å². The van der Waals surface area contributed by atoms with Crippen LogP contribution in [-0.4, -0.2) is 35.0 Å². The van der Waals surface area contributed by atoms with Gasteiger partial charge in [0.25, 0.3) is 5.91 Å². The Balaban J connectivity index is 2.15. The number of carbonyl (C=O) groups is 1. The fraction of sp³-hybridized carbons (Fsp3) is 0.364. The summed E-state index contributed by atoms with van der Waals surface area (Å²) in [6.45, 7) is 3.05. The molecule has 1 aliphatic heterocycles. The molecular weight excluding hydrogens is 274 g/mol. The van der Waals surface area contributed by atoms with E-state index in [1.807, 2.05) is 6.92 Å². The number of aliphatic imine (C=N–C) groups is 1. The zero-order valence-electron chi connectivity index (χ0n) is 9.77. The highest BCUT2D eigenvalue weighted by atomic mass is 35.5. The van der Waals surface area contributed by atoms with Gasteiger partial charge in [-0.1, -0.05) is 23.4 Å². The van der Waals surface area contributed by atoms with Gasteiger partial charge in [0.05, 0.1) is 18.2 Å². The Labute approximate surface area is 114 Å². The molecule has 2 heterocycles. The van der Waals surface area contributed by atoms with E-state index in [4.69, 9.17) is 16.3 Å². The second-order valence-electron chi connectivity index (χ2n) is 3.40. The number of nitrogens with zero attached hydrogens (tertiary/aromatic N) is 2. The van der Waals surface area contributed by atoms with E-state index in [1.54, 1.807) is 12.1 Å². The number of ether oxygens (including phenoxy) is 1. The maximum absolute atomic E-state index is 12.0. The van der Waals surface area contributed by atoms with E-state index in [-0.39, 0.29) is 11.6 Å². The Hall–Kier alpha value is -1.27. The van der Waals surface area contributed by atoms with Crippen LogP contribution in [0.15, 0.2) is 17.1 Å². The molecule has 0 saturated carbocycles. The van der Waals surface area contributed by atoms with Crippen molar-refractivity contribution >= 4 is 34.4 Å². The summed E-state index contributed by atoms with van der Waals surface area (Å²) in [7, 11) is 0. The number of nitrogens with one attached hydrogen (secondary N) is 1. The Kier molecular flexibility index (Phi) is 4.43. The maximum atomic E-state index is 12.0. The van der Waals surface area contributed by atoms with Gasteiger partial charge in [-0.3, -0.25) is 15.1 Å². The van der Waals surface area contributed by atoms with E-state index in [1.165, 1.54) is 11.8 Å². The molecule has 0 aromatic carbocycles. The maximum Gasteiger partial charge on any atom is 0.277 e. The van der Waals surface area contributed by atoms with Crippen molar-refractivity contribution in [3.05, 3.63) is 22.8 Å². The SMILES string of the molecule is CCOc1ccc(Cl)c(C(=O)NC2=NCCS2)n1. The van der Waals surface area contributed by atoms with Gasteiger partial charge in [0.1, 0.15) is 0 Å². The highest BCUT2D eigenvalue weighted by Gasteiger charge is 2.17. The van der Waals surface area contributed by atoms with Crippen LogP contribution in [0.3, 0.4) is 0 Å². The first kappa shape index (κ1) is 13.2. The van der Waals surface area contributed by atoms with Crippen LogP contribution in [0.4, 0.5) is 0 Å². The Morgan fingerprint density at radius 1 is 1.61 bits per heavy atom. The molecule has 2 rings (SSSR count). The fourth-order valence-electron chi connectivity index (χ4n) is 1.38. The number of amidine groups is 1. The number of pyridine rings is 1. The van der Waals surface area contributed by atoms with Crippen molar-refractivity contribution in [1.29, 1.82) is 0 Å². The average Bonchev–Trinajstić information content (AvgIpc) is 2.84. The minimum atomic E-state index is -0.366. The van der Waals surface area contributed by atoms with Gasteiger partial charge in [-0.25, -0.2) is 4.98 Å². The second-order valence-corrected chi connectivity index (χ2v) is 4.89. The third kappa shape index (κ3) is 3.14. The molecule has 0 unspecified atom stereocenters. The first-order chi connectivity index (χ1) is 8.70. The molecule has 1 aliphatic rings. The van der Waals surface area contributed by atoms with Crippen LogP contribution in [0.25, 0.3) is 0 Å². The molecular formula is C11H12ClN3O2S. The number of halogens is 1. The van der Waals surface area contributed by atoms with E-state index in [0.717, 1.165) is 12.3 Å². The molecule has 0 atom stereocenters. The summed E-state index contributed by atoms with van der Waals surface area (Å²) in [5, 5.41) is 3.58. The first-order valence-corrected chi connectivity index (χ1v) is 6.85. The summed E-state index contributed by atoms with van der Waals surface area (Å²) in [6, 6.07) is 3.22. The molecule has 18 heavy (non-hydrogen) atoms. The van der Waals surface area contributed by atoms with Crippen molar-refractivity contribution in [2.45, 2.75) is 6.92 Å². The summed E-state index contributed by atoms with van der Waals surface area (Å²) in [5.41, 5.74) is 0.151. The second kappa shape index (κ2) is 6.06.